The molecule has 0 radical (unpaired) electrons. The van der Waals surface area contributed by atoms with Crippen molar-refractivity contribution in [2.24, 2.45) is 5.92 Å². The number of carbonyl (C=O) groups is 2. The van der Waals surface area contributed by atoms with Crippen molar-refractivity contribution in [2.45, 2.75) is 63.8 Å². The van der Waals surface area contributed by atoms with Gasteiger partial charge in [0.15, 0.2) is 0 Å². The van der Waals surface area contributed by atoms with Crippen LogP contribution in [0.25, 0.3) is 0 Å². The number of anilines is 1. The first kappa shape index (κ1) is 21.2. The Morgan fingerprint density at radius 2 is 1.77 bits per heavy atom. The van der Waals surface area contributed by atoms with Crippen LogP contribution in [0.5, 0.6) is 0 Å². The zero-order valence-electron chi connectivity index (χ0n) is 18.2. The van der Waals surface area contributed by atoms with Gasteiger partial charge < -0.3 is 14.9 Å². The molecule has 1 saturated heterocycles. The summed E-state index contributed by atoms with van der Waals surface area (Å²) in [6.45, 7) is 3.80. The van der Waals surface area contributed by atoms with E-state index < -0.39 is 5.97 Å². The molecular formula is C24H35N3O3. The van der Waals surface area contributed by atoms with Gasteiger partial charge in [0.25, 0.3) is 0 Å². The normalized spacial score (nSPS) is 25.7. The van der Waals surface area contributed by atoms with E-state index in [0.717, 1.165) is 83.2 Å². The highest BCUT2D eigenvalue weighted by Crippen LogP contribution is 2.33. The lowest BCUT2D eigenvalue weighted by Gasteiger charge is -2.42. The SMILES string of the molecule is CN1CCc2ccc(N3CCCN(C4CCC(CCC(=O)O)CC4)C3=O)cc2CC1. The summed E-state index contributed by atoms with van der Waals surface area (Å²) in [5.74, 6) is -0.206. The van der Waals surface area contributed by atoms with E-state index in [0.29, 0.717) is 12.0 Å². The average Bonchev–Trinajstić information content (AvgIpc) is 2.94. The topological polar surface area (TPSA) is 64.1 Å². The molecule has 1 aromatic carbocycles. The molecule has 30 heavy (non-hydrogen) atoms. The monoisotopic (exact) mass is 413 g/mol. The average molecular weight is 414 g/mol. The maximum absolute atomic E-state index is 13.4. The Morgan fingerprint density at radius 3 is 2.50 bits per heavy atom. The number of likely N-dealkylation sites (N-methyl/N-ethyl adjacent to an activating group) is 1. The summed E-state index contributed by atoms with van der Waals surface area (Å²) in [5, 5.41) is 8.91. The Morgan fingerprint density at radius 1 is 1.03 bits per heavy atom. The first-order chi connectivity index (χ1) is 14.5. The highest BCUT2D eigenvalue weighted by atomic mass is 16.4. The van der Waals surface area contributed by atoms with Crippen molar-refractivity contribution < 1.29 is 14.7 Å². The first-order valence-corrected chi connectivity index (χ1v) is 11.6. The van der Waals surface area contributed by atoms with E-state index in [4.69, 9.17) is 5.11 Å². The predicted molar refractivity (Wildman–Crippen MR) is 118 cm³/mol. The Kier molecular flexibility index (Phi) is 6.61. The Bertz CT molecular complexity index is 773. The number of fused-ring (bicyclic) bond motifs is 1. The summed E-state index contributed by atoms with van der Waals surface area (Å²) in [6, 6.07) is 7.06. The number of nitrogens with zero attached hydrogens (tertiary/aromatic N) is 3. The van der Waals surface area contributed by atoms with Crippen LogP contribution in [0.2, 0.25) is 0 Å². The maximum atomic E-state index is 13.4. The molecule has 0 aromatic heterocycles. The largest absolute Gasteiger partial charge is 0.481 e. The molecule has 1 saturated carbocycles. The van der Waals surface area contributed by atoms with Crippen LogP contribution in [0, 0.1) is 5.92 Å². The second kappa shape index (κ2) is 9.38. The van der Waals surface area contributed by atoms with Crippen LogP contribution in [0.1, 0.15) is 56.1 Å². The minimum atomic E-state index is -0.702. The third kappa shape index (κ3) is 4.80. The number of carboxylic acid groups (broad SMARTS) is 1. The van der Waals surface area contributed by atoms with Gasteiger partial charge in [0.1, 0.15) is 0 Å². The van der Waals surface area contributed by atoms with Crippen LogP contribution < -0.4 is 4.90 Å². The lowest BCUT2D eigenvalue weighted by atomic mass is 9.82. The van der Waals surface area contributed by atoms with Crippen molar-refractivity contribution in [2.75, 3.05) is 38.1 Å². The molecule has 0 bridgehead atoms. The van der Waals surface area contributed by atoms with E-state index in [1.54, 1.807) is 0 Å². The van der Waals surface area contributed by atoms with E-state index in [-0.39, 0.29) is 12.5 Å². The smallest absolute Gasteiger partial charge is 0.324 e. The molecule has 4 rings (SSSR count). The van der Waals surface area contributed by atoms with Crippen LogP contribution >= 0.6 is 0 Å². The lowest BCUT2D eigenvalue weighted by Crippen LogP contribution is -2.54. The summed E-state index contributed by atoms with van der Waals surface area (Å²) in [4.78, 5) is 30.7. The standard InChI is InChI=1S/C24H35N3O3/c1-25-15-11-19-6-9-22(17-20(19)12-16-25)27-14-2-13-26(24(27)30)21-7-3-18(4-8-21)5-10-23(28)29/h6,9,17-18,21H,2-5,7-8,10-16H2,1H3,(H,28,29). The number of benzene rings is 1. The summed E-state index contributed by atoms with van der Waals surface area (Å²) in [5.41, 5.74) is 3.85. The van der Waals surface area contributed by atoms with Gasteiger partial charge in [-0.05, 0) is 87.6 Å². The van der Waals surface area contributed by atoms with Crippen LogP contribution in [0.15, 0.2) is 18.2 Å². The Labute approximate surface area is 179 Å². The molecule has 2 aliphatic heterocycles. The third-order valence-corrected chi connectivity index (χ3v) is 7.31. The second-order valence-corrected chi connectivity index (χ2v) is 9.34. The summed E-state index contributed by atoms with van der Waals surface area (Å²) < 4.78 is 0. The van der Waals surface area contributed by atoms with Crippen molar-refractivity contribution in [1.29, 1.82) is 0 Å². The first-order valence-electron chi connectivity index (χ1n) is 11.6. The van der Waals surface area contributed by atoms with E-state index in [2.05, 4.69) is 35.0 Å². The molecule has 2 heterocycles. The Hall–Kier alpha value is -2.08. The zero-order chi connectivity index (χ0) is 21.1. The number of hydrogen-bond acceptors (Lipinski definition) is 3. The highest BCUT2D eigenvalue weighted by molar-refractivity contribution is 5.93. The molecule has 6 heteroatoms. The number of rotatable bonds is 5. The van der Waals surface area contributed by atoms with Gasteiger partial charge in [-0.3, -0.25) is 9.69 Å². The van der Waals surface area contributed by atoms with Gasteiger partial charge in [0.05, 0.1) is 0 Å². The molecule has 3 aliphatic rings. The minimum absolute atomic E-state index is 0.154. The van der Waals surface area contributed by atoms with Crippen LogP contribution in [-0.4, -0.2) is 66.2 Å². The fourth-order valence-electron chi connectivity index (χ4n) is 5.39. The fraction of sp³-hybridized carbons (Fsp3) is 0.667. The molecule has 1 aliphatic carbocycles. The van der Waals surface area contributed by atoms with E-state index in [1.807, 2.05) is 4.90 Å². The van der Waals surface area contributed by atoms with Crippen molar-refractivity contribution in [3.05, 3.63) is 29.3 Å². The van der Waals surface area contributed by atoms with Crippen molar-refractivity contribution >= 4 is 17.7 Å². The highest BCUT2D eigenvalue weighted by Gasteiger charge is 2.34. The molecular weight excluding hydrogens is 378 g/mol. The molecule has 1 aromatic rings. The number of amides is 2. The van der Waals surface area contributed by atoms with Crippen molar-refractivity contribution in [3.63, 3.8) is 0 Å². The van der Waals surface area contributed by atoms with E-state index in [1.165, 1.54) is 11.1 Å². The molecule has 0 unspecified atom stereocenters. The van der Waals surface area contributed by atoms with Gasteiger partial charge >= 0.3 is 12.0 Å². The van der Waals surface area contributed by atoms with Crippen LogP contribution in [-0.2, 0) is 17.6 Å². The van der Waals surface area contributed by atoms with Gasteiger partial charge in [-0.1, -0.05) is 6.07 Å². The fourth-order valence-corrected chi connectivity index (χ4v) is 5.39. The molecule has 2 fully saturated rings. The molecule has 6 nitrogen and oxygen atoms in total. The minimum Gasteiger partial charge on any atom is -0.481 e. The van der Waals surface area contributed by atoms with Gasteiger partial charge in [0, 0.05) is 44.3 Å². The Balaban J connectivity index is 1.40. The molecule has 2 amide bonds. The number of carbonyl (C=O) groups excluding carboxylic acids is 1. The van der Waals surface area contributed by atoms with Crippen LogP contribution in [0.3, 0.4) is 0 Å². The predicted octanol–water partition coefficient (Wildman–Crippen LogP) is 3.77. The zero-order valence-corrected chi connectivity index (χ0v) is 18.2. The number of carboxylic acids is 1. The van der Waals surface area contributed by atoms with Gasteiger partial charge in [-0.25, -0.2) is 4.79 Å². The van der Waals surface area contributed by atoms with Gasteiger partial charge in [0.2, 0.25) is 0 Å². The van der Waals surface area contributed by atoms with Gasteiger partial charge in [-0.2, -0.15) is 0 Å². The number of urea groups is 1. The van der Waals surface area contributed by atoms with Crippen LogP contribution in [0.4, 0.5) is 10.5 Å². The summed E-state index contributed by atoms with van der Waals surface area (Å²) >= 11 is 0. The third-order valence-electron chi connectivity index (χ3n) is 7.31. The summed E-state index contributed by atoms with van der Waals surface area (Å²) in [7, 11) is 2.18. The second-order valence-electron chi connectivity index (χ2n) is 9.34. The number of hydrogen-bond donors (Lipinski definition) is 1. The quantitative estimate of drug-likeness (QED) is 0.798. The van der Waals surface area contributed by atoms with Gasteiger partial charge in [-0.15, -0.1) is 0 Å². The molecule has 164 valence electrons. The molecule has 0 spiro atoms. The lowest BCUT2D eigenvalue weighted by molar-refractivity contribution is -0.137. The van der Waals surface area contributed by atoms with E-state index in [9.17, 15) is 9.59 Å². The molecule has 1 N–H and O–H groups in total. The number of aliphatic carboxylic acids is 1. The summed E-state index contributed by atoms with van der Waals surface area (Å²) in [6.07, 6.45) is 8.24. The van der Waals surface area contributed by atoms with Crippen molar-refractivity contribution in [1.82, 2.24) is 9.80 Å². The van der Waals surface area contributed by atoms with E-state index >= 15 is 0 Å². The maximum Gasteiger partial charge on any atom is 0.324 e. The molecule has 0 atom stereocenters. The van der Waals surface area contributed by atoms with Crippen molar-refractivity contribution in [3.8, 4) is 0 Å².